The fourth-order valence-corrected chi connectivity index (χ4v) is 2.72. The average molecular weight is 371 g/mol. The van der Waals surface area contributed by atoms with Crippen LogP contribution in [0, 0.1) is 6.92 Å². The number of amides is 1. The van der Waals surface area contributed by atoms with Crippen molar-refractivity contribution in [2.45, 2.75) is 25.8 Å². The van der Waals surface area contributed by atoms with Gasteiger partial charge in [0.1, 0.15) is 17.5 Å². The second-order valence-corrected chi connectivity index (χ2v) is 6.15. The van der Waals surface area contributed by atoms with Crippen molar-refractivity contribution in [2.75, 3.05) is 5.32 Å². The lowest BCUT2D eigenvalue weighted by Gasteiger charge is -2.14. The summed E-state index contributed by atoms with van der Waals surface area (Å²) in [7, 11) is 0. The minimum Gasteiger partial charge on any atom is -0.441 e. The van der Waals surface area contributed by atoms with Crippen molar-refractivity contribution in [1.82, 2.24) is 5.16 Å². The van der Waals surface area contributed by atoms with Crippen molar-refractivity contribution in [3.63, 3.8) is 0 Å². The van der Waals surface area contributed by atoms with Gasteiger partial charge in [0, 0.05) is 11.4 Å². The van der Waals surface area contributed by atoms with E-state index in [9.17, 15) is 4.79 Å². The number of benzene rings is 2. The molecule has 0 aliphatic rings. The third-order valence-corrected chi connectivity index (χ3v) is 4.32. The van der Waals surface area contributed by atoms with Gasteiger partial charge >= 0.3 is 6.09 Å². The van der Waals surface area contributed by atoms with Gasteiger partial charge in [-0.1, -0.05) is 59.8 Å². The Labute approximate surface area is 156 Å². The van der Waals surface area contributed by atoms with Gasteiger partial charge in [-0.15, -0.1) is 11.6 Å². The zero-order valence-corrected chi connectivity index (χ0v) is 15.3. The van der Waals surface area contributed by atoms with Crippen LogP contribution in [0.1, 0.15) is 29.8 Å². The van der Waals surface area contributed by atoms with Crippen molar-refractivity contribution in [3.8, 4) is 11.3 Å². The number of carbonyl (C=O) groups is 1. The van der Waals surface area contributed by atoms with Crippen molar-refractivity contribution in [1.29, 1.82) is 0 Å². The number of hydrogen-bond donors (Lipinski definition) is 1. The van der Waals surface area contributed by atoms with Crippen LogP contribution in [0.3, 0.4) is 0 Å². The molecule has 1 amide bonds. The highest BCUT2D eigenvalue weighted by Crippen LogP contribution is 2.31. The number of ether oxygens (including phenoxy) is 1. The monoisotopic (exact) mass is 370 g/mol. The Hall–Kier alpha value is -2.79. The van der Waals surface area contributed by atoms with E-state index < -0.39 is 6.09 Å². The van der Waals surface area contributed by atoms with Gasteiger partial charge in [-0.2, -0.15) is 0 Å². The molecule has 134 valence electrons. The summed E-state index contributed by atoms with van der Waals surface area (Å²) in [6.45, 7) is 3.58. The fourth-order valence-electron chi connectivity index (χ4n) is 2.54. The summed E-state index contributed by atoms with van der Waals surface area (Å²) in [5.41, 5.74) is 3.78. The quantitative estimate of drug-likeness (QED) is 0.585. The predicted octanol–water partition coefficient (Wildman–Crippen LogP) is 5.70. The summed E-state index contributed by atoms with van der Waals surface area (Å²) in [5, 5.41) is 6.70. The summed E-state index contributed by atoms with van der Waals surface area (Å²) < 4.78 is 10.8. The van der Waals surface area contributed by atoms with E-state index in [2.05, 4.69) is 10.5 Å². The molecule has 2 aromatic carbocycles. The first-order chi connectivity index (χ1) is 12.6. The number of alkyl halides is 1. The van der Waals surface area contributed by atoms with Gasteiger partial charge in [-0.25, -0.2) is 4.79 Å². The number of anilines is 1. The Morgan fingerprint density at radius 1 is 1.19 bits per heavy atom. The van der Waals surface area contributed by atoms with Crippen molar-refractivity contribution in [3.05, 3.63) is 71.4 Å². The molecule has 0 spiro atoms. The number of nitrogens with one attached hydrogen (secondary N) is 1. The molecule has 0 aliphatic heterocycles. The second-order valence-electron chi connectivity index (χ2n) is 5.89. The minimum absolute atomic E-state index is 0.372. The van der Waals surface area contributed by atoms with Crippen molar-refractivity contribution >= 4 is 23.4 Å². The molecule has 3 rings (SSSR count). The van der Waals surface area contributed by atoms with Crippen molar-refractivity contribution in [2.24, 2.45) is 0 Å². The summed E-state index contributed by atoms with van der Waals surface area (Å²) in [6.07, 6.45) is -0.936. The summed E-state index contributed by atoms with van der Waals surface area (Å²) in [5.74, 6) is 0.915. The summed E-state index contributed by atoms with van der Waals surface area (Å²) in [4.78, 5) is 12.3. The maximum Gasteiger partial charge on any atom is 0.412 e. The third kappa shape index (κ3) is 4.06. The van der Waals surface area contributed by atoms with E-state index in [4.69, 9.17) is 20.9 Å². The van der Waals surface area contributed by atoms with Crippen LogP contribution in [0.15, 0.2) is 59.1 Å². The standard InChI is InChI=1S/C20H19ClN2O3/c1-13-18(19(26-23-13)17-10-8-15(12-21)9-11-17)22-20(24)25-14(2)16-6-4-3-5-7-16/h3-11,14H,12H2,1-2H3,(H,22,24). The smallest absolute Gasteiger partial charge is 0.412 e. The lowest BCUT2D eigenvalue weighted by Crippen LogP contribution is -2.16. The number of hydrogen-bond acceptors (Lipinski definition) is 4. The normalized spacial score (nSPS) is 11.8. The molecule has 6 heteroatoms. The van der Waals surface area contributed by atoms with Crippen LogP contribution in [0.2, 0.25) is 0 Å². The zero-order chi connectivity index (χ0) is 18.5. The first-order valence-electron chi connectivity index (χ1n) is 8.22. The fraction of sp³-hybridized carbons (Fsp3) is 0.200. The maximum absolute atomic E-state index is 12.3. The highest BCUT2D eigenvalue weighted by molar-refractivity contribution is 6.17. The molecule has 1 N–H and O–H groups in total. The zero-order valence-electron chi connectivity index (χ0n) is 14.5. The molecule has 0 aliphatic carbocycles. The molecule has 1 aromatic heterocycles. The van der Waals surface area contributed by atoms with Crippen molar-refractivity contribution < 1.29 is 14.1 Å². The summed E-state index contributed by atoms with van der Waals surface area (Å²) >= 11 is 5.82. The molecule has 1 heterocycles. The van der Waals surface area contributed by atoms with Gasteiger partial charge in [-0.3, -0.25) is 5.32 Å². The van der Waals surface area contributed by atoms with E-state index in [1.807, 2.05) is 61.5 Å². The Morgan fingerprint density at radius 3 is 2.54 bits per heavy atom. The van der Waals surface area contributed by atoms with E-state index in [0.717, 1.165) is 16.7 Å². The largest absolute Gasteiger partial charge is 0.441 e. The van der Waals surface area contributed by atoms with Crippen LogP contribution < -0.4 is 5.32 Å². The molecule has 3 aromatic rings. The van der Waals surface area contributed by atoms with Gasteiger partial charge in [0.05, 0.1) is 0 Å². The topological polar surface area (TPSA) is 64.4 Å². The highest BCUT2D eigenvalue weighted by atomic mass is 35.5. The van der Waals surface area contributed by atoms with Gasteiger partial charge in [-0.05, 0) is 25.0 Å². The van der Waals surface area contributed by atoms with Crippen LogP contribution in [0.25, 0.3) is 11.3 Å². The van der Waals surface area contributed by atoms with Gasteiger partial charge in [0.15, 0.2) is 5.76 Å². The third-order valence-electron chi connectivity index (χ3n) is 4.01. The van der Waals surface area contributed by atoms with E-state index in [1.165, 1.54) is 0 Å². The molecule has 0 saturated carbocycles. The average Bonchev–Trinajstić information content (AvgIpc) is 3.03. The first kappa shape index (κ1) is 18.0. The highest BCUT2D eigenvalue weighted by Gasteiger charge is 2.19. The minimum atomic E-state index is -0.564. The SMILES string of the molecule is Cc1noc(-c2ccc(CCl)cc2)c1NC(=O)OC(C)c1ccccc1. The molecule has 26 heavy (non-hydrogen) atoms. The summed E-state index contributed by atoms with van der Waals surface area (Å²) in [6, 6.07) is 17.1. The lowest BCUT2D eigenvalue weighted by atomic mass is 10.1. The number of carbonyl (C=O) groups excluding carboxylic acids is 1. The number of aryl methyl sites for hydroxylation is 1. The number of halogens is 1. The van der Waals surface area contributed by atoms with Crippen LogP contribution in [-0.2, 0) is 10.6 Å². The Morgan fingerprint density at radius 2 is 1.88 bits per heavy atom. The first-order valence-corrected chi connectivity index (χ1v) is 8.76. The molecule has 0 fully saturated rings. The molecular weight excluding hydrogens is 352 g/mol. The molecule has 0 saturated heterocycles. The Kier molecular flexibility index (Phi) is 5.58. The second kappa shape index (κ2) is 8.06. The van der Waals surface area contributed by atoms with E-state index >= 15 is 0 Å². The van der Waals surface area contributed by atoms with E-state index in [-0.39, 0.29) is 6.10 Å². The Balaban J connectivity index is 1.75. The number of aromatic nitrogens is 1. The van der Waals surface area contributed by atoms with Crippen LogP contribution in [0.5, 0.6) is 0 Å². The molecular formula is C20H19ClN2O3. The Bertz CT molecular complexity index is 876. The van der Waals surface area contributed by atoms with Gasteiger partial charge in [0.25, 0.3) is 0 Å². The molecule has 0 bridgehead atoms. The molecule has 0 radical (unpaired) electrons. The van der Waals surface area contributed by atoms with Gasteiger partial charge < -0.3 is 9.26 Å². The molecule has 1 atom stereocenters. The van der Waals surface area contributed by atoms with E-state index in [0.29, 0.717) is 23.0 Å². The van der Waals surface area contributed by atoms with Crippen LogP contribution in [0.4, 0.5) is 10.5 Å². The number of rotatable bonds is 5. The lowest BCUT2D eigenvalue weighted by molar-refractivity contribution is 0.121. The maximum atomic E-state index is 12.3. The number of nitrogens with zero attached hydrogens (tertiary/aromatic N) is 1. The van der Waals surface area contributed by atoms with Crippen LogP contribution in [-0.4, -0.2) is 11.2 Å². The van der Waals surface area contributed by atoms with Crippen LogP contribution >= 0.6 is 11.6 Å². The predicted molar refractivity (Wildman–Crippen MR) is 101 cm³/mol. The molecule has 5 nitrogen and oxygen atoms in total. The van der Waals surface area contributed by atoms with E-state index in [1.54, 1.807) is 6.92 Å². The molecule has 1 unspecified atom stereocenters. The van der Waals surface area contributed by atoms with Gasteiger partial charge in [0.2, 0.25) is 0 Å².